The predicted octanol–water partition coefficient (Wildman–Crippen LogP) is 4.97. The van der Waals surface area contributed by atoms with Crippen molar-refractivity contribution in [2.24, 2.45) is 0 Å². The van der Waals surface area contributed by atoms with Crippen LogP contribution in [-0.4, -0.2) is 17.8 Å². The summed E-state index contributed by atoms with van der Waals surface area (Å²) < 4.78 is 92.5. The van der Waals surface area contributed by atoms with Gasteiger partial charge in [-0.05, 0) is 19.9 Å². The lowest BCUT2D eigenvalue weighted by molar-refractivity contribution is -0.263. The van der Waals surface area contributed by atoms with Gasteiger partial charge in [-0.15, -0.1) is 11.3 Å². The van der Waals surface area contributed by atoms with Crippen molar-refractivity contribution in [1.29, 1.82) is 0 Å². The number of hydrogen-bond acceptors (Lipinski definition) is 1. The fraction of sp³-hybridized carbons (Fsp3) is 0.455. The maximum absolute atomic E-state index is 13.5. The zero-order valence-corrected chi connectivity index (χ0v) is 10.4. The van der Waals surface area contributed by atoms with E-state index in [2.05, 4.69) is 0 Å². The van der Waals surface area contributed by atoms with E-state index < -0.39 is 34.7 Å². The van der Waals surface area contributed by atoms with E-state index in [1.807, 2.05) is 0 Å². The molecule has 106 valence electrons. The molecule has 0 fully saturated rings. The molecule has 0 bridgehead atoms. The van der Waals surface area contributed by atoms with Crippen molar-refractivity contribution < 1.29 is 30.7 Å². The number of aryl methyl sites for hydroxylation is 2. The molecule has 0 aromatic carbocycles. The van der Waals surface area contributed by atoms with Gasteiger partial charge < -0.3 is 0 Å². The van der Waals surface area contributed by atoms with Crippen molar-refractivity contribution in [2.75, 3.05) is 0 Å². The smallest absolute Gasteiger partial charge is 0.204 e. The molecule has 1 aromatic rings. The summed E-state index contributed by atoms with van der Waals surface area (Å²) in [4.78, 5) is 0.512. The fourth-order valence-electron chi connectivity index (χ4n) is 1.95. The molecular weight excluding hydrogens is 297 g/mol. The zero-order chi connectivity index (χ0) is 14.8. The molecule has 2 rings (SSSR count). The van der Waals surface area contributed by atoms with E-state index in [1.165, 1.54) is 13.8 Å². The van der Waals surface area contributed by atoms with Gasteiger partial charge in [-0.3, -0.25) is 0 Å². The Bertz CT molecular complexity index is 568. The highest BCUT2D eigenvalue weighted by atomic mass is 32.1. The molecule has 0 nitrogen and oxygen atoms in total. The van der Waals surface area contributed by atoms with Crippen LogP contribution < -0.4 is 0 Å². The van der Waals surface area contributed by atoms with Crippen LogP contribution in [-0.2, 0) is 0 Å². The first-order chi connectivity index (χ1) is 8.44. The summed E-state index contributed by atoms with van der Waals surface area (Å²) in [5, 5.41) is 0. The Morgan fingerprint density at radius 2 is 1.47 bits per heavy atom. The molecule has 1 aliphatic carbocycles. The molecule has 0 atom stereocenters. The SMILES string of the molecule is Cc1cc(C2=C(F)C(F)(F)C(F)(F)C2(F)F)c(C)s1. The van der Waals surface area contributed by atoms with E-state index >= 15 is 0 Å². The Morgan fingerprint density at radius 3 is 1.79 bits per heavy atom. The summed E-state index contributed by atoms with van der Waals surface area (Å²) in [6.45, 7) is 2.75. The minimum atomic E-state index is -5.78. The summed E-state index contributed by atoms with van der Waals surface area (Å²) in [6.07, 6.45) is 0. The third-order valence-electron chi connectivity index (χ3n) is 2.91. The van der Waals surface area contributed by atoms with Crippen LogP contribution in [0.2, 0.25) is 0 Å². The van der Waals surface area contributed by atoms with E-state index in [-0.39, 0.29) is 4.88 Å². The molecule has 0 spiro atoms. The van der Waals surface area contributed by atoms with Gasteiger partial charge in [0.25, 0.3) is 0 Å². The monoisotopic (exact) mass is 304 g/mol. The van der Waals surface area contributed by atoms with Crippen LogP contribution in [0.3, 0.4) is 0 Å². The van der Waals surface area contributed by atoms with Gasteiger partial charge in [0.2, 0.25) is 0 Å². The van der Waals surface area contributed by atoms with Crippen LogP contribution in [0, 0.1) is 13.8 Å². The molecule has 19 heavy (non-hydrogen) atoms. The number of alkyl halides is 6. The molecule has 0 N–H and O–H groups in total. The summed E-state index contributed by atoms with van der Waals surface area (Å²) >= 11 is 0.935. The van der Waals surface area contributed by atoms with Crippen LogP contribution in [0.4, 0.5) is 30.7 Å². The van der Waals surface area contributed by atoms with Crippen LogP contribution in [0.5, 0.6) is 0 Å². The van der Waals surface area contributed by atoms with E-state index in [0.717, 1.165) is 17.4 Å². The maximum atomic E-state index is 13.5. The highest BCUT2D eigenvalue weighted by molar-refractivity contribution is 7.12. The van der Waals surface area contributed by atoms with E-state index in [9.17, 15) is 30.7 Å². The molecule has 0 aliphatic heterocycles. The van der Waals surface area contributed by atoms with Gasteiger partial charge >= 0.3 is 17.8 Å². The Hall–Kier alpha value is -1.05. The molecule has 0 unspecified atom stereocenters. The second kappa shape index (κ2) is 3.74. The standard InChI is InChI=1S/C11H7F7S/c1-4-3-6(5(2)19-4)7-8(12)10(15,16)11(17,18)9(7,13)14/h3H,1-2H3. The lowest BCUT2D eigenvalue weighted by atomic mass is 10.0. The van der Waals surface area contributed by atoms with Gasteiger partial charge in [0, 0.05) is 15.3 Å². The number of halogens is 7. The minimum absolute atomic E-state index is 0.0795. The highest BCUT2D eigenvalue weighted by Crippen LogP contribution is 2.62. The first-order valence-electron chi connectivity index (χ1n) is 5.06. The fourth-order valence-corrected chi connectivity index (χ4v) is 2.88. The molecule has 0 amide bonds. The third kappa shape index (κ3) is 1.58. The summed E-state index contributed by atoms with van der Waals surface area (Å²) in [7, 11) is 0. The Kier molecular flexibility index (Phi) is 2.83. The van der Waals surface area contributed by atoms with E-state index in [0.29, 0.717) is 4.88 Å². The van der Waals surface area contributed by atoms with Crippen molar-refractivity contribution in [3.8, 4) is 0 Å². The molecule has 0 saturated carbocycles. The van der Waals surface area contributed by atoms with Crippen LogP contribution in [0.15, 0.2) is 11.9 Å². The summed E-state index contributed by atoms with van der Waals surface area (Å²) in [5.74, 6) is -19.3. The molecule has 1 aromatic heterocycles. The van der Waals surface area contributed by atoms with Gasteiger partial charge in [0.1, 0.15) is 0 Å². The second-order valence-corrected chi connectivity index (χ2v) is 5.70. The first kappa shape index (κ1) is 14.4. The minimum Gasteiger partial charge on any atom is -0.204 e. The normalized spacial score (nSPS) is 24.1. The Labute approximate surface area is 107 Å². The lowest BCUT2D eigenvalue weighted by Crippen LogP contribution is -2.48. The third-order valence-corrected chi connectivity index (χ3v) is 3.87. The van der Waals surface area contributed by atoms with Gasteiger partial charge in [0.15, 0.2) is 5.83 Å². The van der Waals surface area contributed by atoms with Gasteiger partial charge in [-0.2, -0.15) is 26.3 Å². The van der Waals surface area contributed by atoms with Gasteiger partial charge in [-0.25, -0.2) is 4.39 Å². The van der Waals surface area contributed by atoms with E-state index in [1.54, 1.807) is 0 Å². The number of thiophene rings is 1. The zero-order valence-electron chi connectivity index (χ0n) is 9.63. The van der Waals surface area contributed by atoms with Crippen molar-refractivity contribution in [1.82, 2.24) is 0 Å². The van der Waals surface area contributed by atoms with Crippen molar-refractivity contribution in [2.45, 2.75) is 31.6 Å². The largest absolute Gasteiger partial charge is 0.383 e. The maximum Gasteiger partial charge on any atom is 0.383 e. The average molecular weight is 304 g/mol. The molecule has 8 heteroatoms. The first-order valence-corrected chi connectivity index (χ1v) is 5.87. The average Bonchev–Trinajstić information content (AvgIpc) is 2.60. The lowest BCUT2D eigenvalue weighted by Gasteiger charge is -2.24. The molecule has 1 aliphatic rings. The number of allylic oxidation sites excluding steroid dienone is 2. The van der Waals surface area contributed by atoms with Crippen molar-refractivity contribution in [3.63, 3.8) is 0 Å². The molecule has 0 radical (unpaired) electrons. The Morgan fingerprint density at radius 1 is 0.947 bits per heavy atom. The molecular formula is C11H7F7S. The molecule has 0 saturated heterocycles. The highest BCUT2D eigenvalue weighted by Gasteiger charge is 2.81. The predicted molar refractivity (Wildman–Crippen MR) is 56.7 cm³/mol. The van der Waals surface area contributed by atoms with Crippen LogP contribution >= 0.6 is 11.3 Å². The molecule has 1 heterocycles. The Balaban J connectivity index is 2.75. The van der Waals surface area contributed by atoms with Gasteiger partial charge in [-0.1, -0.05) is 0 Å². The second-order valence-electron chi connectivity index (χ2n) is 4.24. The number of hydrogen-bond donors (Lipinski definition) is 0. The number of rotatable bonds is 1. The van der Waals surface area contributed by atoms with Crippen LogP contribution in [0.1, 0.15) is 15.3 Å². The van der Waals surface area contributed by atoms with E-state index in [4.69, 9.17) is 0 Å². The quantitative estimate of drug-likeness (QED) is 0.643. The van der Waals surface area contributed by atoms with Crippen LogP contribution in [0.25, 0.3) is 5.57 Å². The summed E-state index contributed by atoms with van der Waals surface area (Å²) in [5.41, 5.74) is -2.51. The van der Waals surface area contributed by atoms with Crippen molar-refractivity contribution in [3.05, 3.63) is 27.2 Å². The van der Waals surface area contributed by atoms with Crippen molar-refractivity contribution >= 4 is 16.9 Å². The van der Waals surface area contributed by atoms with Gasteiger partial charge in [0.05, 0.1) is 5.57 Å². The topological polar surface area (TPSA) is 0 Å². The summed E-state index contributed by atoms with van der Waals surface area (Å²) in [6, 6.07) is 1.00.